The molecule has 2 aromatic rings. The summed E-state index contributed by atoms with van der Waals surface area (Å²) >= 11 is 0. The molecule has 15 heavy (non-hydrogen) atoms. The molecule has 0 aliphatic rings. The number of phenols is 1. The van der Waals surface area contributed by atoms with Crippen molar-refractivity contribution >= 4 is 11.1 Å². The van der Waals surface area contributed by atoms with Gasteiger partial charge in [0.05, 0.1) is 5.52 Å². The average Bonchev–Trinajstić information content (AvgIpc) is 2.63. The summed E-state index contributed by atoms with van der Waals surface area (Å²) in [5.74, 6) is -0.403. The number of aromatic hydroxyl groups is 1. The minimum atomic E-state index is -0.509. The van der Waals surface area contributed by atoms with Crippen LogP contribution in [-0.2, 0) is 0 Å². The zero-order chi connectivity index (χ0) is 11.8. The van der Waals surface area contributed by atoms with Crippen molar-refractivity contribution < 1.29 is 9.52 Å². The second kappa shape index (κ2) is 6.70. The first kappa shape index (κ1) is 13.3. The Balaban J connectivity index is 0.000000442. The summed E-state index contributed by atoms with van der Waals surface area (Å²) in [5.41, 5.74) is 0.961. The van der Waals surface area contributed by atoms with E-state index in [-0.39, 0.29) is 5.75 Å². The van der Waals surface area contributed by atoms with Gasteiger partial charge in [-0.1, -0.05) is 27.7 Å². The Hall–Kier alpha value is -1.71. The third kappa shape index (κ3) is 3.50. The number of rotatable bonds is 0. The smallest absolute Gasteiger partial charge is 0.417 e. The number of oxazole rings is 1. The van der Waals surface area contributed by atoms with Crippen molar-refractivity contribution in [2.45, 2.75) is 27.7 Å². The molecule has 1 aromatic heterocycles. The highest BCUT2D eigenvalue weighted by Gasteiger charge is 1.99. The van der Waals surface area contributed by atoms with Crippen molar-refractivity contribution in [3.63, 3.8) is 0 Å². The van der Waals surface area contributed by atoms with E-state index in [4.69, 9.17) is 9.52 Å². The van der Waals surface area contributed by atoms with Crippen LogP contribution in [0.25, 0.3) is 11.1 Å². The van der Waals surface area contributed by atoms with Crippen LogP contribution in [0.15, 0.2) is 27.4 Å². The molecule has 0 aliphatic heterocycles. The van der Waals surface area contributed by atoms with E-state index in [0.29, 0.717) is 11.1 Å². The molecular weight excluding hydrogens is 194 g/mol. The van der Waals surface area contributed by atoms with Crippen molar-refractivity contribution in [3.8, 4) is 5.75 Å². The second-order valence-corrected chi connectivity index (χ2v) is 2.19. The van der Waals surface area contributed by atoms with Crippen LogP contribution in [0.5, 0.6) is 5.75 Å². The summed E-state index contributed by atoms with van der Waals surface area (Å²) < 4.78 is 4.70. The molecule has 0 fully saturated rings. The zero-order valence-electron chi connectivity index (χ0n) is 9.50. The first-order valence-electron chi connectivity index (χ1n) is 5.07. The van der Waals surface area contributed by atoms with Gasteiger partial charge < -0.3 is 9.52 Å². The van der Waals surface area contributed by atoms with Crippen molar-refractivity contribution in [2.75, 3.05) is 0 Å². The maximum absolute atomic E-state index is 10.6. The van der Waals surface area contributed by atoms with Crippen LogP contribution in [0, 0.1) is 0 Å². The van der Waals surface area contributed by atoms with Crippen molar-refractivity contribution in [2.24, 2.45) is 0 Å². The zero-order valence-corrected chi connectivity index (χ0v) is 9.50. The van der Waals surface area contributed by atoms with E-state index < -0.39 is 5.76 Å². The van der Waals surface area contributed by atoms with Gasteiger partial charge in [-0.25, -0.2) is 4.79 Å². The van der Waals surface area contributed by atoms with Gasteiger partial charge in [-0.05, 0) is 12.1 Å². The minimum Gasteiger partial charge on any atom is -0.508 e. The fourth-order valence-corrected chi connectivity index (χ4v) is 0.940. The van der Waals surface area contributed by atoms with Gasteiger partial charge in [0.1, 0.15) is 5.75 Å². The molecule has 0 spiro atoms. The third-order valence-electron chi connectivity index (χ3n) is 1.40. The Morgan fingerprint density at radius 2 is 1.80 bits per heavy atom. The van der Waals surface area contributed by atoms with Gasteiger partial charge in [0.15, 0.2) is 5.58 Å². The molecule has 4 nitrogen and oxygen atoms in total. The molecule has 0 amide bonds. The first-order valence-corrected chi connectivity index (χ1v) is 5.07. The molecular formula is C11H17NO3. The second-order valence-electron chi connectivity index (χ2n) is 2.19. The van der Waals surface area contributed by atoms with Gasteiger partial charge in [-0.3, -0.25) is 4.98 Å². The maximum Gasteiger partial charge on any atom is 0.417 e. The van der Waals surface area contributed by atoms with E-state index in [1.807, 2.05) is 27.7 Å². The Kier molecular flexibility index (Phi) is 5.94. The quantitative estimate of drug-likeness (QED) is 0.704. The number of hydrogen-bond acceptors (Lipinski definition) is 3. The highest BCUT2D eigenvalue weighted by atomic mass is 16.4. The van der Waals surface area contributed by atoms with Crippen LogP contribution in [-0.4, -0.2) is 10.1 Å². The molecule has 4 heteroatoms. The minimum absolute atomic E-state index is 0.106. The number of aromatic amines is 1. The number of H-pyrrole nitrogens is 1. The normalized spacial score (nSPS) is 8.53. The molecule has 2 rings (SSSR count). The molecule has 0 atom stereocenters. The third-order valence-corrected chi connectivity index (χ3v) is 1.40. The Bertz CT molecular complexity index is 442. The summed E-state index contributed by atoms with van der Waals surface area (Å²) in [5, 5.41) is 8.98. The van der Waals surface area contributed by atoms with Crippen LogP contribution in [0.1, 0.15) is 27.7 Å². The van der Waals surface area contributed by atoms with Gasteiger partial charge >= 0.3 is 5.76 Å². The van der Waals surface area contributed by atoms with E-state index in [9.17, 15) is 4.79 Å². The van der Waals surface area contributed by atoms with Gasteiger partial charge in [0.25, 0.3) is 0 Å². The number of fused-ring (bicyclic) bond motifs is 1. The molecule has 0 saturated heterocycles. The van der Waals surface area contributed by atoms with Gasteiger partial charge in [0.2, 0.25) is 0 Å². The fourth-order valence-electron chi connectivity index (χ4n) is 0.940. The molecule has 0 radical (unpaired) electrons. The average molecular weight is 211 g/mol. The summed E-state index contributed by atoms with van der Waals surface area (Å²) in [6, 6.07) is 4.42. The van der Waals surface area contributed by atoms with E-state index in [2.05, 4.69) is 4.98 Å². The van der Waals surface area contributed by atoms with E-state index in [1.54, 1.807) is 0 Å². The van der Waals surface area contributed by atoms with Crippen LogP contribution in [0.3, 0.4) is 0 Å². The predicted octanol–water partition coefficient (Wildman–Crippen LogP) is 2.88. The van der Waals surface area contributed by atoms with Crippen molar-refractivity contribution in [1.29, 1.82) is 0 Å². The first-order chi connectivity index (χ1) is 7.25. The van der Waals surface area contributed by atoms with Gasteiger partial charge in [-0.2, -0.15) is 0 Å². The van der Waals surface area contributed by atoms with Crippen LogP contribution in [0.2, 0.25) is 0 Å². The Morgan fingerprint density at radius 3 is 2.40 bits per heavy atom. The molecule has 0 saturated carbocycles. The van der Waals surface area contributed by atoms with Gasteiger partial charge in [0, 0.05) is 6.07 Å². The lowest BCUT2D eigenvalue weighted by atomic mass is 10.3. The largest absolute Gasteiger partial charge is 0.508 e. The van der Waals surface area contributed by atoms with Crippen LogP contribution >= 0.6 is 0 Å². The molecule has 84 valence electrons. The monoisotopic (exact) mass is 211 g/mol. The predicted molar refractivity (Wildman–Crippen MR) is 61.2 cm³/mol. The molecule has 1 heterocycles. The lowest BCUT2D eigenvalue weighted by Gasteiger charge is -1.87. The number of nitrogens with one attached hydrogen (secondary N) is 1. The number of hydrogen-bond donors (Lipinski definition) is 2. The van der Waals surface area contributed by atoms with Crippen LogP contribution < -0.4 is 5.76 Å². The molecule has 2 N–H and O–H groups in total. The highest BCUT2D eigenvalue weighted by molar-refractivity contribution is 5.73. The van der Waals surface area contributed by atoms with Crippen molar-refractivity contribution in [1.82, 2.24) is 4.98 Å². The summed E-state index contributed by atoms with van der Waals surface area (Å²) in [7, 11) is 0. The maximum atomic E-state index is 10.6. The fraction of sp³-hybridized carbons (Fsp3) is 0.364. The summed E-state index contributed by atoms with van der Waals surface area (Å²) in [4.78, 5) is 13.0. The van der Waals surface area contributed by atoms with Crippen LogP contribution in [0.4, 0.5) is 0 Å². The Labute approximate surface area is 88.6 Å². The lowest BCUT2D eigenvalue weighted by molar-refractivity contribution is 0.475. The topological polar surface area (TPSA) is 66.2 Å². The van der Waals surface area contributed by atoms with Crippen molar-refractivity contribution in [3.05, 3.63) is 28.7 Å². The summed E-state index contributed by atoms with van der Waals surface area (Å²) in [6.07, 6.45) is 0. The van der Waals surface area contributed by atoms with E-state index >= 15 is 0 Å². The number of benzene rings is 1. The Morgan fingerprint density at radius 1 is 1.20 bits per heavy atom. The standard InChI is InChI=1S/C7H5NO3.2C2H6/c9-4-1-2-6-5(3-4)8-7(10)11-6;2*1-2/h1-3,9H,(H,8,10);2*1-2H3. The van der Waals surface area contributed by atoms with E-state index in [0.717, 1.165) is 0 Å². The molecule has 0 aliphatic carbocycles. The SMILES string of the molecule is CC.CC.O=c1[nH]c2cc(O)ccc2o1. The lowest BCUT2D eigenvalue weighted by Crippen LogP contribution is -1.92. The number of phenolic OH excluding ortho intramolecular Hbond substituents is 1. The highest BCUT2D eigenvalue weighted by Crippen LogP contribution is 2.15. The molecule has 0 bridgehead atoms. The molecule has 0 unspecified atom stereocenters. The summed E-state index contributed by atoms with van der Waals surface area (Å²) in [6.45, 7) is 8.00. The number of aromatic nitrogens is 1. The molecule has 1 aromatic carbocycles. The van der Waals surface area contributed by atoms with E-state index in [1.165, 1.54) is 18.2 Å². The van der Waals surface area contributed by atoms with Gasteiger partial charge in [-0.15, -0.1) is 0 Å².